The monoisotopic (exact) mass is 453 g/mol. The Hall–Kier alpha value is -2.25. The largest absolute Gasteiger partial charge is 0.323 e. The van der Waals surface area contributed by atoms with Gasteiger partial charge in [0.05, 0.1) is 11.1 Å². The molecule has 3 heterocycles. The van der Waals surface area contributed by atoms with Crippen LogP contribution in [0.2, 0.25) is 5.02 Å². The summed E-state index contributed by atoms with van der Waals surface area (Å²) in [6, 6.07) is 16.1. The number of H-pyrrole nitrogens is 1. The van der Waals surface area contributed by atoms with E-state index in [-0.39, 0.29) is 5.56 Å². The molecular formula is C23H20ClN3OS2. The van der Waals surface area contributed by atoms with Crippen LogP contribution in [-0.4, -0.2) is 21.0 Å². The van der Waals surface area contributed by atoms with Crippen molar-refractivity contribution >= 4 is 45.4 Å². The summed E-state index contributed by atoms with van der Waals surface area (Å²) in [5.74, 6) is 0. The Balaban J connectivity index is 1.59. The van der Waals surface area contributed by atoms with E-state index >= 15 is 0 Å². The molecule has 2 aromatic heterocycles. The SMILES string of the molecule is Cc1c(Cl)cccc1-n1c(=S)[nH]c2sc3c(c2c1=O)CCN(Cc1ccccc1)C3. The minimum absolute atomic E-state index is 0.0619. The molecule has 0 amide bonds. The van der Waals surface area contributed by atoms with Gasteiger partial charge in [-0.3, -0.25) is 14.3 Å². The van der Waals surface area contributed by atoms with Crippen molar-refractivity contribution in [1.82, 2.24) is 14.5 Å². The van der Waals surface area contributed by atoms with Gasteiger partial charge < -0.3 is 4.98 Å². The zero-order chi connectivity index (χ0) is 20.8. The van der Waals surface area contributed by atoms with Gasteiger partial charge in [0.15, 0.2) is 4.77 Å². The van der Waals surface area contributed by atoms with Crippen molar-refractivity contribution in [2.45, 2.75) is 26.4 Å². The Kier molecular flexibility index (Phi) is 5.11. The van der Waals surface area contributed by atoms with Crippen molar-refractivity contribution in [2.24, 2.45) is 0 Å². The lowest BCUT2D eigenvalue weighted by molar-refractivity contribution is 0.249. The highest BCUT2D eigenvalue weighted by atomic mass is 35.5. The second-order valence-electron chi connectivity index (χ2n) is 7.61. The summed E-state index contributed by atoms with van der Waals surface area (Å²) >= 11 is 13.5. The van der Waals surface area contributed by atoms with Gasteiger partial charge >= 0.3 is 0 Å². The Morgan fingerprint density at radius 2 is 1.97 bits per heavy atom. The van der Waals surface area contributed by atoms with Crippen molar-refractivity contribution in [3.05, 3.63) is 90.2 Å². The van der Waals surface area contributed by atoms with Crippen LogP contribution in [-0.2, 0) is 19.5 Å². The molecule has 0 bridgehead atoms. The predicted octanol–water partition coefficient (Wildman–Crippen LogP) is 5.63. The molecule has 152 valence electrons. The standard InChI is InChI=1S/C23H20ClN3OS2/c1-14-17(24)8-5-9-18(14)27-22(28)20-16-10-11-26(12-15-6-3-2-4-7-15)13-19(16)30-21(20)25-23(27)29/h2-9H,10-13H2,1H3,(H,25,29). The molecule has 1 aliphatic rings. The van der Waals surface area contributed by atoms with E-state index in [9.17, 15) is 4.79 Å². The Bertz CT molecular complexity index is 1370. The van der Waals surface area contributed by atoms with E-state index in [2.05, 4.69) is 34.1 Å². The van der Waals surface area contributed by atoms with Gasteiger partial charge in [-0.15, -0.1) is 11.3 Å². The third-order valence-corrected chi connectivity index (χ3v) is 7.53. The summed E-state index contributed by atoms with van der Waals surface area (Å²) in [5, 5.41) is 1.39. The maximum atomic E-state index is 13.5. The predicted molar refractivity (Wildman–Crippen MR) is 127 cm³/mol. The van der Waals surface area contributed by atoms with Gasteiger partial charge in [0, 0.05) is 29.5 Å². The van der Waals surface area contributed by atoms with Crippen LogP contribution in [0.5, 0.6) is 0 Å². The second kappa shape index (κ2) is 7.78. The van der Waals surface area contributed by atoms with Crippen LogP contribution < -0.4 is 5.56 Å². The molecule has 1 aliphatic heterocycles. The van der Waals surface area contributed by atoms with Crippen LogP contribution in [0.4, 0.5) is 0 Å². The van der Waals surface area contributed by atoms with Gasteiger partial charge in [0.2, 0.25) is 0 Å². The van der Waals surface area contributed by atoms with Gasteiger partial charge in [0.25, 0.3) is 5.56 Å². The van der Waals surface area contributed by atoms with Crippen LogP contribution in [0.15, 0.2) is 53.3 Å². The van der Waals surface area contributed by atoms with Gasteiger partial charge in [-0.2, -0.15) is 0 Å². The third kappa shape index (κ3) is 3.34. The highest BCUT2D eigenvalue weighted by Crippen LogP contribution is 2.33. The summed E-state index contributed by atoms with van der Waals surface area (Å²) < 4.78 is 1.99. The van der Waals surface area contributed by atoms with Crippen LogP contribution in [0.3, 0.4) is 0 Å². The molecule has 0 saturated heterocycles. The van der Waals surface area contributed by atoms with E-state index in [1.54, 1.807) is 15.9 Å². The quantitative estimate of drug-likeness (QED) is 0.409. The lowest BCUT2D eigenvalue weighted by atomic mass is 10.0. The Labute approximate surface area is 188 Å². The fraction of sp³-hybridized carbons (Fsp3) is 0.217. The number of benzene rings is 2. The molecule has 0 fully saturated rings. The molecule has 0 spiro atoms. The maximum Gasteiger partial charge on any atom is 0.267 e. The average Bonchev–Trinajstić information content (AvgIpc) is 3.09. The lowest BCUT2D eigenvalue weighted by Crippen LogP contribution is -2.30. The van der Waals surface area contributed by atoms with E-state index in [1.165, 1.54) is 10.4 Å². The molecular weight excluding hydrogens is 434 g/mol. The average molecular weight is 454 g/mol. The van der Waals surface area contributed by atoms with E-state index in [1.807, 2.05) is 31.2 Å². The van der Waals surface area contributed by atoms with Crippen LogP contribution in [0.1, 0.15) is 21.6 Å². The summed E-state index contributed by atoms with van der Waals surface area (Å²) in [7, 11) is 0. The van der Waals surface area contributed by atoms with Crippen molar-refractivity contribution in [3.8, 4) is 5.69 Å². The van der Waals surface area contributed by atoms with Gasteiger partial charge in [-0.05, 0) is 54.4 Å². The van der Waals surface area contributed by atoms with E-state index < -0.39 is 0 Å². The molecule has 0 unspecified atom stereocenters. The van der Waals surface area contributed by atoms with Crippen molar-refractivity contribution in [3.63, 3.8) is 0 Å². The maximum absolute atomic E-state index is 13.5. The van der Waals surface area contributed by atoms with Crippen LogP contribution in [0, 0.1) is 11.7 Å². The van der Waals surface area contributed by atoms with E-state index in [0.717, 1.165) is 53.1 Å². The number of nitrogens with one attached hydrogen (secondary N) is 1. The summed E-state index contributed by atoms with van der Waals surface area (Å²) in [6.45, 7) is 4.60. The number of aromatic nitrogens is 2. The minimum atomic E-state index is -0.0619. The second-order valence-corrected chi connectivity index (χ2v) is 9.51. The normalized spacial score (nSPS) is 14.2. The van der Waals surface area contributed by atoms with Crippen molar-refractivity contribution in [1.29, 1.82) is 0 Å². The first kappa shape index (κ1) is 19.7. The molecule has 30 heavy (non-hydrogen) atoms. The molecule has 5 rings (SSSR count). The Morgan fingerprint density at radius 3 is 2.77 bits per heavy atom. The van der Waals surface area contributed by atoms with Gasteiger partial charge in [0.1, 0.15) is 4.83 Å². The molecule has 0 atom stereocenters. The third-order valence-electron chi connectivity index (χ3n) is 5.71. The minimum Gasteiger partial charge on any atom is -0.323 e. The smallest absolute Gasteiger partial charge is 0.267 e. The van der Waals surface area contributed by atoms with E-state index in [4.69, 9.17) is 23.8 Å². The number of rotatable bonds is 3. The first-order valence-corrected chi connectivity index (χ1v) is 11.4. The molecule has 0 radical (unpaired) electrons. The highest BCUT2D eigenvalue weighted by molar-refractivity contribution is 7.71. The first-order valence-electron chi connectivity index (χ1n) is 9.84. The first-order chi connectivity index (χ1) is 14.5. The fourth-order valence-electron chi connectivity index (χ4n) is 4.16. The van der Waals surface area contributed by atoms with Gasteiger partial charge in [-0.1, -0.05) is 48.0 Å². The lowest BCUT2D eigenvalue weighted by Gasteiger charge is -2.26. The Morgan fingerprint density at radius 1 is 1.17 bits per heavy atom. The van der Waals surface area contributed by atoms with E-state index in [0.29, 0.717) is 9.79 Å². The highest BCUT2D eigenvalue weighted by Gasteiger charge is 2.24. The molecule has 0 saturated carbocycles. The number of nitrogens with zero attached hydrogens (tertiary/aromatic N) is 2. The number of fused-ring (bicyclic) bond motifs is 3. The van der Waals surface area contributed by atoms with Crippen LogP contribution in [0.25, 0.3) is 15.9 Å². The van der Waals surface area contributed by atoms with Crippen molar-refractivity contribution in [2.75, 3.05) is 6.54 Å². The number of halogens is 1. The molecule has 4 aromatic rings. The molecule has 4 nitrogen and oxygen atoms in total. The zero-order valence-corrected chi connectivity index (χ0v) is 18.8. The number of hydrogen-bond acceptors (Lipinski definition) is 4. The van der Waals surface area contributed by atoms with Gasteiger partial charge in [-0.25, -0.2) is 0 Å². The molecule has 0 aliphatic carbocycles. The fourth-order valence-corrected chi connectivity index (χ4v) is 5.96. The topological polar surface area (TPSA) is 41.0 Å². The molecule has 2 aromatic carbocycles. The summed E-state index contributed by atoms with van der Waals surface area (Å²) in [5.41, 5.74) is 3.98. The zero-order valence-electron chi connectivity index (χ0n) is 16.4. The molecule has 1 N–H and O–H groups in total. The number of thiophene rings is 1. The van der Waals surface area contributed by atoms with Crippen molar-refractivity contribution < 1.29 is 0 Å². The summed E-state index contributed by atoms with van der Waals surface area (Å²) in [4.78, 5) is 21.4. The summed E-state index contributed by atoms with van der Waals surface area (Å²) in [6.07, 6.45) is 0.858. The number of hydrogen-bond donors (Lipinski definition) is 1. The van der Waals surface area contributed by atoms with Crippen LogP contribution >= 0.6 is 35.2 Å². The number of aromatic amines is 1. The molecule has 7 heteroatoms.